The van der Waals surface area contributed by atoms with Crippen molar-refractivity contribution < 1.29 is 65.9 Å². The molecule has 534 valence electrons. The van der Waals surface area contributed by atoms with Crippen molar-refractivity contribution in [3.05, 3.63) is 207 Å². The van der Waals surface area contributed by atoms with Crippen LogP contribution in [0.15, 0.2) is 152 Å². The summed E-state index contributed by atoms with van der Waals surface area (Å²) >= 11 is 5.84. The van der Waals surface area contributed by atoms with E-state index in [2.05, 4.69) is 65.6 Å². The number of nitrogens with two attached hydrogens (primary N) is 1. The number of morpholine rings is 1. The van der Waals surface area contributed by atoms with Gasteiger partial charge in [-0.1, -0.05) is 79.2 Å². The molecule has 27 heteroatoms. The second-order valence-electron chi connectivity index (χ2n) is 24.9. The zero-order valence-corrected chi connectivity index (χ0v) is 57.3. The Morgan fingerprint density at radius 3 is 1.62 bits per heavy atom. The molecule has 8 aromatic carbocycles. The van der Waals surface area contributed by atoms with Gasteiger partial charge in [0.1, 0.15) is 0 Å². The zero-order valence-electron chi connectivity index (χ0n) is 56.5. The Bertz CT molecular complexity index is 4760. The van der Waals surface area contributed by atoms with E-state index in [0.29, 0.717) is 91.0 Å². The van der Waals surface area contributed by atoms with E-state index in [1.807, 2.05) is 72.9 Å². The zero-order chi connectivity index (χ0) is 74.2. The lowest BCUT2D eigenvalue weighted by Gasteiger charge is -2.29. The molecule has 0 bridgehead atoms. The van der Waals surface area contributed by atoms with E-state index in [9.17, 15) is 61.1 Å². The number of ether oxygens (including phenoxy) is 1. The fraction of sp³-hybridized carbons (Fsp3) is 0.234. The van der Waals surface area contributed by atoms with Crippen molar-refractivity contribution in [3.63, 3.8) is 0 Å². The minimum absolute atomic E-state index is 0.0000231. The van der Waals surface area contributed by atoms with Crippen LogP contribution >= 0.6 is 11.6 Å². The molecule has 0 unspecified atom stereocenters. The first-order valence-electron chi connectivity index (χ1n) is 33.2. The number of hydrogen-bond donors (Lipinski definition) is 10. The monoisotopic (exact) mass is 1430 g/mol. The molecule has 104 heavy (non-hydrogen) atoms. The molecule has 0 radical (unpaired) electrons. The second kappa shape index (κ2) is 34.0. The Labute approximate surface area is 600 Å². The molecule has 11 N–H and O–H groups in total. The highest BCUT2D eigenvalue weighted by atomic mass is 35.5. The van der Waals surface area contributed by atoms with Crippen LogP contribution in [0.2, 0.25) is 5.02 Å². The molecule has 8 aliphatic heterocycles. The number of nitrogens with zero attached hydrogens (tertiary/aromatic N) is 2. The first-order chi connectivity index (χ1) is 49.8. The van der Waals surface area contributed by atoms with E-state index < -0.39 is 12.1 Å². The van der Waals surface area contributed by atoms with Crippen LogP contribution < -0.4 is 58.5 Å². The molecule has 8 aliphatic rings. The summed E-state index contributed by atoms with van der Waals surface area (Å²) in [5.74, 6) is -1.86. The van der Waals surface area contributed by atoms with Gasteiger partial charge in [-0.15, -0.1) is 0 Å². The number of aryl methyl sites for hydroxylation is 1. The lowest BCUT2D eigenvalue weighted by Crippen LogP contribution is -2.36. The number of anilines is 11. The Hall–Kier alpha value is -12.2. The smallest absolute Gasteiger partial charge is 0.399 e. The van der Waals surface area contributed by atoms with Crippen LogP contribution in [0.5, 0.6) is 0 Å². The van der Waals surface area contributed by atoms with Gasteiger partial charge in [0.05, 0.1) is 64.2 Å². The predicted octanol–water partition coefficient (Wildman–Crippen LogP) is 11.9. The van der Waals surface area contributed by atoms with Gasteiger partial charge in [-0.05, 0) is 154 Å². The van der Waals surface area contributed by atoms with Crippen LogP contribution in [0.25, 0.3) is 11.1 Å². The number of nitriles is 1. The SMILES string of the molecule is CC(=O)Nc1ccc2c(c1)NC(=O)C2.CCCC(=O)c1ccc2c(c1)CC(=O)N2.N#CCCc1ccc2c(c1)CC(=O)N2.Nc1ccc2c(c1)NC(=O)C2.O=C1Cc2c(Cl)cccc2N1.O=C1Cc2ccc(-c3cccc(NC(=O)C(F)(F)F)c3)cc2N1.O=C1Cc2ccc(N3CCOCC3)cc2N1. The van der Waals surface area contributed by atoms with Crippen molar-refractivity contribution in [3.8, 4) is 17.2 Å². The molecule has 8 aromatic rings. The van der Waals surface area contributed by atoms with Gasteiger partial charge in [-0.25, -0.2) is 0 Å². The van der Waals surface area contributed by atoms with Crippen molar-refractivity contribution in [2.75, 3.05) is 84.8 Å². The molecule has 9 amide bonds. The number of fused-ring (bicyclic) bond motifs is 7. The van der Waals surface area contributed by atoms with Crippen molar-refractivity contribution >= 4 is 133 Å². The summed E-state index contributed by atoms with van der Waals surface area (Å²) in [6.07, 6.45) is 0.786. The topological polar surface area (TPSA) is 341 Å². The fourth-order valence-corrected chi connectivity index (χ4v) is 12.2. The van der Waals surface area contributed by atoms with E-state index in [4.69, 9.17) is 27.3 Å². The molecular weight excluding hydrogens is 1360 g/mol. The van der Waals surface area contributed by atoms with Gasteiger partial charge >= 0.3 is 12.1 Å². The number of amides is 9. The maximum absolute atomic E-state index is 12.3. The standard InChI is InChI=1S/C16H11F3N2O2.C12H14N2O2.C12H13NO2.C11H10N2O.C10H10N2O2.C8H6ClNO.C8H8N2O/c17-16(18,19)15(23)20-12-3-1-2-9(6-12)10-4-5-11-8-14(22)21-13(11)7-10;15-12-7-9-1-2-10(8-11(9)13-12)14-3-5-16-6-4-14;1-2-3-11(14)8-4-5-10-9(6-8)7-12(15)13-10;12-5-1-2-8-3-4-10-9(6-8)7-11(14)13-10;1-6(13)11-8-3-2-7-4-10(14)12-9(7)5-8;9-6-2-1-3-7-5(6)4-8(11)10-7;9-6-2-1-5-3-8(11)10-7(5)4-6/h1-7H,8H2,(H,20,23)(H,21,22);1-2,8H,3-7H2,(H,13,15);4-6H,2-3,7H2,1H3,(H,13,15);3-4,6H,1-2,7H2,(H,13,14);2-3,5H,4H2,1H3,(H,11,13)(H,12,14);1-3H,4H2,(H,10,11);1-2,4H,3,9H2,(H,10,11). The number of Topliss-reactive ketones (excluding diaryl/α,β-unsaturated/α-hetero) is 1. The van der Waals surface area contributed by atoms with Gasteiger partial charge in [0.25, 0.3) is 0 Å². The molecule has 23 nitrogen and oxygen atoms in total. The third-order valence-corrected chi connectivity index (χ3v) is 17.3. The summed E-state index contributed by atoms with van der Waals surface area (Å²) in [6.45, 7) is 6.84. The minimum Gasteiger partial charge on any atom is -0.399 e. The molecular formula is C77H72ClF3N12O11. The maximum Gasteiger partial charge on any atom is 0.471 e. The number of ketones is 1. The lowest BCUT2D eigenvalue weighted by molar-refractivity contribution is -0.167. The number of carbonyl (C=O) groups is 10. The number of nitrogens with one attached hydrogen (secondary N) is 9. The molecule has 0 aliphatic carbocycles. The van der Waals surface area contributed by atoms with Crippen LogP contribution in [0, 0.1) is 11.3 Å². The lowest BCUT2D eigenvalue weighted by atomic mass is 10.0. The van der Waals surface area contributed by atoms with Gasteiger partial charge in [0.15, 0.2) is 5.78 Å². The second-order valence-corrected chi connectivity index (χ2v) is 25.3. The molecule has 0 spiro atoms. The van der Waals surface area contributed by atoms with Gasteiger partial charge in [-0.2, -0.15) is 18.4 Å². The van der Waals surface area contributed by atoms with Gasteiger partial charge in [0, 0.05) is 112 Å². The Balaban J connectivity index is 0.000000132. The number of hydrogen-bond acceptors (Lipinski definition) is 14. The van der Waals surface area contributed by atoms with Crippen LogP contribution in [0.3, 0.4) is 0 Å². The van der Waals surface area contributed by atoms with Crippen LogP contribution in [-0.2, 0) is 99.3 Å². The summed E-state index contributed by atoms with van der Waals surface area (Å²) in [5, 5.41) is 32.9. The molecule has 1 fully saturated rings. The Morgan fingerprint density at radius 2 is 1.03 bits per heavy atom. The number of carbonyl (C=O) groups excluding carboxylic acids is 10. The first-order valence-corrected chi connectivity index (χ1v) is 33.6. The van der Waals surface area contributed by atoms with E-state index >= 15 is 0 Å². The van der Waals surface area contributed by atoms with Gasteiger partial charge in [0.2, 0.25) is 47.3 Å². The average molecular weight is 1430 g/mol. The minimum atomic E-state index is -4.94. The number of nitrogen functional groups attached to an aromatic ring is 1. The highest BCUT2D eigenvalue weighted by Gasteiger charge is 2.39. The summed E-state index contributed by atoms with van der Waals surface area (Å²) in [5.41, 5.74) is 24.1. The maximum atomic E-state index is 12.3. The molecule has 8 heterocycles. The number of alkyl halides is 3. The number of benzene rings is 8. The highest BCUT2D eigenvalue weighted by Crippen LogP contribution is 2.34. The van der Waals surface area contributed by atoms with E-state index in [1.165, 1.54) is 24.7 Å². The van der Waals surface area contributed by atoms with Crippen LogP contribution in [-0.4, -0.2) is 91.4 Å². The Kier molecular flexibility index (Phi) is 24.3. The summed E-state index contributed by atoms with van der Waals surface area (Å²) in [4.78, 5) is 113. The third-order valence-electron chi connectivity index (χ3n) is 16.9. The Morgan fingerprint density at radius 1 is 0.529 bits per heavy atom. The van der Waals surface area contributed by atoms with Crippen molar-refractivity contribution in [2.45, 2.75) is 90.7 Å². The summed E-state index contributed by atoms with van der Waals surface area (Å²) in [6, 6.07) is 47.3. The van der Waals surface area contributed by atoms with Crippen molar-refractivity contribution in [1.29, 1.82) is 5.26 Å². The molecule has 1 saturated heterocycles. The number of halogens is 4. The number of rotatable bonds is 9. The van der Waals surface area contributed by atoms with Crippen molar-refractivity contribution in [1.82, 2.24) is 0 Å². The first kappa shape index (κ1) is 74.5. The van der Waals surface area contributed by atoms with Gasteiger partial charge < -0.3 is 63.2 Å². The average Bonchev–Trinajstić information content (AvgIpc) is 1.54. The molecule has 0 aromatic heterocycles. The highest BCUT2D eigenvalue weighted by molar-refractivity contribution is 6.32. The van der Waals surface area contributed by atoms with Gasteiger partial charge in [-0.3, -0.25) is 47.9 Å². The molecule has 16 rings (SSSR count). The molecule has 0 atom stereocenters. The molecule has 0 saturated carbocycles. The van der Waals surface area contributed by atoms with E-state index in [-0.39, 0.29) is 58.7 Å². The third kappa shape index (κ3) is 20.3. The van der Waals surface area contributed by atoms with E-state index in [0.717, 1.165) is 123 Å². The van der Waals surface area contributed by atoms with Crippen LogP contribution in [0.4, 0.5) is 75.7 Å². The predicted molar refractivity (Wildman–Crippen MR) is 391 cm³/mol. The fourth-order valence-electron chi connectivity index (χ4n) is 11.9. The van der Waals surface area contributed by atoms with E-state index in [1.54, 1.807) is 66.7 Å². The summed E-state index contributed by atoms with van der Waals surface area (Å²) in [7, 11) is 0. The van der Waals surface area contributed by atoms with Crippen molar-refractivity contribution in [2.24, 2.45) is 0 Å². The quantitative estimate of drug-likeness (QED) is 0.0475. The van der Waals surface area contributed by atoms with Crippen LogP contribution in [0.1, 0.15) is 88.0 Å². The summed E-state index contributed by atoms with van der Waals surface area (Å²) < 4.78 is 42.2. The normalized spacial score (nSPS) is 14.5. The largest absolute Gasteiger partial charge is 0.471 e.